The zero-order chi connectivity index (χ0) is 15.9. The number of hydrogen-bond donors (Lipinski definition) is 1. The summed E-state index contributed by atoms with van der Waals surface area (Å²) in [4.78, 5) is 23.5. The highest BCUT2D eigenvalue weighted by atomic mass is 16.4. The number of hydrogen-bond acceptors (Lipinski definition) is 2. The molecule has 0 saturated carbocycles. The Kier molecular flexibility index (Phi) is 3.90. The number of carboxylic acids is 1. The van der Waals surface area contributed by atoms with Gasteiger partial charge in [-0.2, -0.15) is 0 Å². The van der Waals surface area contributed by atoms with Gasteiger partial charge >= 0.3 is 5.97 Å². The van der Waals surface area contributed by atoms with Crippen molar-refractivity contribution in [3.05, 3.63) is 35.0 Å². The van der Waals surface area contributed by atoms with Gasteiger partial charge in [0.05, 0.1) is 11.1 Å². The van der Waals surface area contributed by atoms with E-state index in [0.29, 0.717) is 11.1 Å². The molecule has 0 aliphatic heterocycles. The van der Waals surface area contributed by atoms with Gasteiger partial charge in [0, 0.05) is 23.2 Å². The minimum Gasteiger partial charge on any atom is -0.478 e. The highest BCUT2D eigenvalue weighted by molar-refractivity contribution is 6.12. The highest BCUT2D eigenvalue weighted by Crippen LogP contribution is 2.31. The first kappa shape index (κ1) is 15.3. The van der Waals surface area contributed by atoms with Crippen molar-refractivity contribution in [1.82, 2.24) is 4.57 Å². The number of carbonyl (C=O) groups excluding carboxylic acids is 1. The molecule has 1 N–H and O–H groups in total. The van der Waals surface area contributed by atoms with E-state index < -0.39 is 5.97 Å². The highest BCUT2D eigenvalue weighted by Gasteiger charge is 2.21. The van der Waals surface area contributed by atoms with Gasteiger partial charge in [0.2, 0.25) is 0 Å². The second-order valence-electron chi connectivity index (χ2n) is 6.02. The topological polar surface area (TPSA) is 59.3 Å². The maximum absolute atomic E-state index is 11.9. The molecule has 0 aliphatic carbocycles. The van der Waals surface area contributed by atoms with E-state index in [-0.39, 0.29) is 23.3 Å². The molecular weight excluding hydrogens is 266 g/mol. The zero-order valence-electron chi connectivity index (χ0n) is 13.1. The van der Waals surface area contributed by atoms with Crippen LogP contribution in [0.15, 0.2) is 18.3 Å². The lowest BCUT2D eigenvalue weighted by atomic mass is 9.96. The van der Waals surface area contributed by atoms with Crippen LogP contribution in [0.25, 0.3) is 10.9 Å². The van der Waals surface area contributed by atoms with Crippen LogP contribution < -0.4 is 0 Å². The van der Waals surface area contributed by atoms with E-state index in [9.17, 15) is 14.7 Å². The molecule has 0 aliphatic rings. The monoisotopic (exact) mass is 287 g/mol. The number of carbonyl (C=O) groups is 2. The molecule has 0 atom stereocenters. The fourth-order valence-electron chi connectivity index (χ4n) is 2.60. The lowest BCUT2D eigenvalue weighted by molar-refractivity contribution is 0.0698. The average Bonchev–Trinajstić information content (AvgIpc) is 2.76. The van der Waals surface area contributed by atoms with Gasteiger partial charge in [-0.15, -0.1) is 0 Å². The van der Waals surface area contributed by atoms with Crippen molar-refractivity contribution < 1.29 is 14.7 Å². The normalized spacial score (nSPS) is 11.6. The largest absolute Gasteiger partial charge is 0.478 e. The van der Waals surface area contributed by atoms with Crippen molar-refractivity contribution in [2.75, 3.05) is 0 Å². The van der Waals surface area contributed by atoms with Crippen LogP contribution in [0.3, 0.4) is 0 Å². The van der Waals surface area contributed by atoms with Crippen LogP contribution in [0, 0.1) is 0 Å². The van der Waals surface area contributed by atoms with Gasteiger partial charge in [0.1, 0.15) is 0 Å². The van der Waals surface area contributed by atoms with Crippen LogP contribution >= 0.6 is 0 Å². The third-order valence-electron chi connectivity index (χ3n) is 3.78. The molecule has 0 bridgehead atoms. The van der Waals surface area contributed by atoms with Gasteiger partial charge in [-0.3, -0.25) is 4.79 Å². The molecule has 1 aromatic heterocycles. The quantitative estimate of drug-likeness (QED) is 0.855. The van der Waals surface area contributed by atoms with E-state index in [1.54, 1.807) is 12.3 Å². The van der Waals surface area contributed by atoms with Crippen LogP contribution in [-0.4, -0.2) is 21.4 Å². The van der Waals surface area contributed by atoms with Crippen molar-refractivity contribution in [3.8, 4) is 0 Å². The van der Waals surface area contributed by atoms with Gasteiger partial charge < -0.3 is 9.67 Å². The predicted octanol–water partition coefficient (Wildman–Crippen LogP) is 4.25. The third kappa shape index (κ3) is 2.58. The number of ketones is 1. The Morgan fingerprint density at radius 1 is 1.10 bits per heavy atom. The van der Waals surface area contributed by atoms with Crippen molar-refractivity contribution >= 4 is 22.7 Å². The number of fused-ring (bicyclic) bond motifs is 1. The number of carboxylic acid groups (broad SMARTS) is 1. The van der Waals surface area contributed by atoms with Gasteiger partial charge in [-0.1, -0.05) is 13.8 Å². The third-order valence-corrected chi connectivity index (χ3v) is 3.78. The summed E-state index contributed by atoms with van der Waals surface area (Å²) in [5.41, 5.74) is 2.41. The maximum atomic E-state index is 11.9. The van der Waals surface area contributed by atoms with Gasteiger partial charge in [0.15, 0.2) is 5.78 Å². The Hall–Kier alpha value is -2.10. The predicted molar refractivity (Wildman–Crippen MR) is 83.4 cm³/mol. The summed E-state index contributed by atoms with van der Waals surface area (Å²) in [7, 11) is 0. The van der Waals surface area contributed by atoms with Crippen molar-refractivity contribution in [2.45, 2.75) is 46.6 Å². The summed E-state index contributed by atoms with van der Waals surface area (Å²) in [5.74, 6) is -0.802. The molecule has 21 heavy (non-hydrogen) atoms. The first-order valence-corrected chi connectivity index (χ1v) is 7.16. The minimum atomic E-state index is -0.961. The molecule has 1 aromatic carbocycles. The standard InChI is InChI=1S/C17H21NO3/c1-9(2)12-6-13-15(11(5)19)8-18(10(3)4)16(13)14(7-12)17(20)21/h6-10H,1-5H3,(H,20,21). The second-order valence-corrected chi connectivity index (χ2v) is 6.02. The molecule has 0 fully saturated rings. The Morgan fingerprint density at radius 3 is 2.14 bits per heavy atom. The van der Waals surface area contributed by atoms with E-state index in [1.165, 1.54) is 6.92 Å². The molecule has 4 heteroatoms. The van der Waals surface area contributed by atoms with Crippen molar-refractivity contribution in [1.29, 1.82) is 0 Å². The summed E-state index contributed by atoms with van der Waals surface area (Å²) in [5, 5.41) is 10.3. The first-order valence-electron chi connectivity index (χ1n) is 7.16. The van der Waals surface area contributed by atoms with E-state index in [2.05, 4.69) is 0 Å². The molecule has 0 radical (unpaired) electrons. The summed E-state index contributed by atoms with van der Waals surface area (Å²) < 4.78 is 1.87. The van der Waals surface area contributed by atoms with E-state index >= 15 is 0 Å². The minimum absolute atomic E-state index is 0.0448. The van der Waals surface area contributed by atoms with E-state index in [0.717, 1.165) is 10.9 Å². The molecule has 4 nitrogen and oxygen atoms in total. The van der Waals surface area contributed by atoms with E-state index in [4.69, 9.17) is 0 Å². The molecular formula is C17H21NO3. The summed E-state index contributed by atoms with van der Waals surface area (Å²) >= 11 is 0. The molecule has 112 valence electrons. The van der Waals surface area contributed by atoms with Crippen LogP contribution in [-0.2, 0) is 0 Å². The molecule has 2 rings (SSSR count). The Bertz CT molecular complexity index is 723. The number of rotatable bonds is 4. The van der Waals surface area contributed by atoms with Crippen molar-refractivity contribution in [3.63, 3.8) is 0 Å². The lowest BCUT2D eigenvalue weighted by Gasteiger charge is -2.13. The molecule has 0 unspecified atom stereocenters. The SMILES string of the molecule is CC(=O)c1cn(C(C)C)c2c(C(=O)O)cc(C(C)C)cc12. The lowest BCUT2D eigenvalue weighted by Crippen LogP contribution is -2.06. The number of Topliss-reactive ketones (excluding diaryl/α,β-unsaturated/α-hetero) is 1. The number of benzene rings is 1. The number of aromatic carboxylic acids is 1. The zero-order valence-corrected chi connectivity index (χ0v) is 13.1. The fraction of sp³-hybridized carbons (Fsp3) is 0.412. The smallest absolute Gasteiger partial charge is 0.337 e. The first-order chi connectivity index (χ1) is 9.73. The number of nitrogens with zero attached hydrogens (tertiary/aromatic N) is 1. The maximum Gasteiger partial charge on any atom is 0.337 e. The summed E-state index contributed by atoms with van der Waals surface area (Å²) in [6.45, 7) is 9.50. The molecule has 2 aromatic rings. The van der Waals surface area contributed by atoms with Gasteiger partial charge in [-0.05, 0) is 44.4 Å². The van der Waals surface area contributed by atoms with Crippen LogP contribution in [0.4, 0.5) is 0 Å². The van der Waals surface area contributed by atoms with Crippen LogP contribution in [0.1, 0.15) is 72.9 Å². The second kappa shape index (κ2) is 5.35. The Labute approximate surface area is 124 Å². The molecule has 1 heterocycles. The van der Waals surface area contributed by atoms with Crippen LogP contribution in [0.5, 0.6) is 0 Å². The van der Waals surface area contributed by atoms with Crippen molar-refractivity contribution in [2.24, 2.45) is 0 Å². The Morgan fingerprint density at radius 2 is 1.71 bits per heavy atom. The Balaban J connectivity index is 2.97. The fourth-order valence-corrected chi connectivity index (χ4v) is 2.60. The van der Waals surface area contributed by atoms with Gasteiger partial charge in [-0.25, -0.2) is 4.79 Å². The molecule has 0 amide bonds. The summed E-state index contributed by atoms with van der Waals surface area (Å²) in [6.07, 6.45) is 1.77. The van der Waals surface area contributed by atoms with E-state index in [1.807, 2.05) is 38.3 Å². The van der Waals surface area contributed by atoms with Crippen LogP contribution in [0.2, 0.25) is 0 Å². The molecule has 0 saturated heterocycles. The number of aromatic nitrogens is 1. The van der Waals surface area contributed by atoms with Gasteiger partial charge in [0.25, 0.3) is 0 Å². The molecule has 0 spiro atoms. The summed E-state index contributed by atoms with van der Waals surface area (Å²) in [6, 6.07) is 3.75. The average molecular weight is 287 g/mol.